The molecular weight excluding hydrogens is 338 g/mol. The minimum atomic E-state index is -0.308. The lowest BCUT2D eigenvalue weighted by atomic mass is 9.83. The smallest absolute Gasteiger partial charge is 0.235 e. The number of nitrogens with zero attached hydrogens (tertiary/aromatic N) is 3. The van der Waals surface area contributed by atoms with Crippen molar-refractivity contribution < 1.29 is 9.53 Å². The summed E-state index contributed by atoms with van der Waals surface area (Å²) in [6, 6.07) is 12.3. The van der Waals surface area contributed by atoms with Gasteiger partial charge in [0.25, 0.3) is 0 Å². The molecule has 3 heterocycles. The molecule has 1 amide bonds. The van der Waals surface area contributed by atoms with Gasteiger partial charge in [0, 0.05) is 23.9 Å². The molecule has 136 valence electrons. The molecule has 27 heavy (non-hydrogen) atoms. The van der Waals surface area contributed by atoms with Crippen molar-refractivity contribution in [2.75, 3.05) is 25.1 Å². The number of anilines is 1. The lowest BCUT2D eigenvalue weighted by molar-refractivity contribution is -0.125. The highest BCUT2D eigenvalue weighted by Gasteiger charge is 2.50. The summed E-state index contributed by atoms with van der Waals surface area (Å²) in [5.41, 5.74) is 4.23. The molecule has 5 rings (SSSR count). The van der Waals surface area contributed by atoms with Crippen LogP contribution in [0.1, 0.15) is 23.1 Å². The van der Waals surface area contributed by atoms with Gasteiger partial charge < -0.3 is 4.74 Å². The highest BCUT2D eigenvalue weighted by molar-refractivity contribution is 6.12. The molecular formula is C22H21N3O2. The first-order valence-corrected chi connectivity index (χ1v) is 9.34. The largest absolute Gasteiger partial charge is 0.480 e. The summed E-state index contributed by atoms with van der Waals surface area (Å²) in [6.07, 6.45) is 6.41. The summed E-state index contributed by atoms with van der Waals surface area (Å²) in [6.45, 7) is 1.39. The highest BCUT2D eigenvalue weighted by Crippen LogP contribution is 2.46. The fraction of sp³-hybridized carbons (Fsp3) is 0.318. The maximum absolute atomic E-state index is 13.4. The van der Waals surface area contributed by atoms with E-state index in [0.717, 1.165) is 30.4 Å². The third kappa shape index (κ3) is 2.49. The second-order valence-corrected chi connectivity index (χ2v) is 7.49. The molecule has 0 N–H and O–H groups in total. The van der Waals surface area contributed by atoms with Gasteiger partial charge in [0.15, 0.2) is 0 Å². The molecule has 0 unspecified atom stereocenters. The molecule has 1 aromatic carbocycles. The zero-order valence-corrected chi connectivity index (χ0v) is 15.3. The van der Waals surface area contributed by atoms with Gasteiger partial charge in [-0.3, -0.25) is 14.7 Å². The number of pyridine rings is 1. The Bertz CT molecular complexity index is 968. The van der Waals surface area contributed by atoms with Crippen LogP contribution in [-0.2, 0) is 17.6 Å². The van der Waals surface area contributed by atoms with Gasteiger partial charge in [-0.25, -0.2) is 0 Å². The van der Waals surface area contributed by atoms with Gasteiger partial charge in [0.1, 0.15) is 5.82 Å². The Morgan fingerprint density at radius 1 is 1.11 bits per heavy atom. The van der Waals surface area contributed by atoms with Crippen molar-refractivity contribution in [1.82, 2.24) is 4.98 Å². The van der Waals surface area contributed by atoms with Crippen LogP contribution in [0.2, 0.25) is 0 Å². The van der Waals surface area contributed by atoms with Crippen molar-refractivity contribution >= 4 is 23.5 Å². The van der Waals surface area contributed by atoms with Crippen LogP contribution in [0.15, 0.2) is 47.5 Å². The molecule has 1 aromatic heterocycles. The molecule has 1 aliphatic carbocycles. The number of carbonyl (C=O) groups is 1. The summed E-state index contributed by atoms with van der Waals surface area (Å²) in [4.78, 5) is 24.1. The average molecular weight is 359 g/mol. The Morgan fingerprint density at radius 2 is 1.89 bits per heavy atom. The number of rotatable bonds is 3. The first-order chi connectivity index (χ1) is 13.2. The number of hydrogen-bond acceptors (Lipinski definition) is 4. The highest BCUT2D eigenvalue weighted by atomic mass is 16.5. The Morgan fingerprint density at radius 3 is 2.56 bits per heavy atom. The number of amides is 1. The minimum Gasteiger partial charge on any atom is -0.480 e. The first kappa shape index (κ1) is 16.2. The Balaban J connectivity index is 1.45. The fourth-order valence-corrected chi connectivity index (χ4v) is 4.55. The first-order valence-electron chi connectivity index (χ1n) is 9.34. The number of fused-ring (bicyclic) bond motifs is 1. The molecule has 1 saturated heterocycles. The standard InChI is InChI=1S/C22H21N3O2/c1-27-20-18(17-8-10-23-14-17)6-7-19(24-20)25-11-9-22(21(25)26)12-15-4-2-3-5-16(15)13-22/h2-8,14H,9-13H2,1H3. The monoisotopic (exact) mass is 359 g/mol. The fourth-order valence-electron chi connectivity index (χ4n) is 4.55. The number of aliphatic imine (C=N–C) groups is 1. The summed E-state index contributed by atoms with van der Waals surface area (Å²) < 4.78 is 5.51. The van der Waals surface area contributed by atoms with Crippen molar-refractivity contribution in [3.05, 3.63) is 59.2 Å². The predicted molar refractivity (Wildman–Crippen MR) is 105 cm³/mol. The van der Waals surface area contributed by atoms with E-state index in [0.29, 0.717) is 24.8 Å². The topological polar surface area (TPSA) is 54.8 Å². The van der Waals surface area contributed by atoms with E-state index in [4.69, 9.17) is 4.74 Å². The summed E-state index contributed by atoms with van der Waals surface area (Å²) in [7, 11) is 1.61. The molecule has 0 saturated carbocycles. The van der Waals surface area contributed by atoms with E-state index >= 15 is 0 Å². The van der Waals surface area contributed by atoms with Crippen molar-refractivity contribution in [3.63, 3.8) is 0 Å². The maximum Gasteiger partial charge on any atom is 0.235 e. The van der Waals surface area contributed by atoms with Crippen LogP contribution in [-0.4, -0.2) is 37.3 Å². The Hall–Kier alpha value is -2.95. The van der Waals surface area contributed by atoms with E-state index in [1.54, 1.807) is 7.11 Å². The second kappa shape index (κ2) is 6.05. The third-order valence-corrected chi connectivity index (χ3v) is 5.96. The molecule has 1 fully saturated rings. The number of carbonyl (C=O) groups excluding carboxylic acids is 1. The molecule has 5 heteroatoms. The van der Waals surface area contributed by atoms with Crippen LogP contribution in [0.3, 0.4) is 0 Å². The van der Waals surface area contributed by atoms with Gasteiger partial charge in [-0.15, -0.1) is 0 Å². The van der Waals surface area contributed by atoms with Gasteiger partial charge in [-0.05, 0) is 42.5 Å². The SMILES string of the molecule is COc1nc(N2CCC3(Cc4ccccc4C3)C2=O)ccc1C1=CCN=C1. The predicted octanol–water partition coefficient (Wildman–Crippen LogP) is 3.08. The number of methoxy groups -OCH3 is 1. The van der Waals surface area contributed by atoms with Gasteiger partial charge in [-0.1, -0.05) is 30.3 Å². The van der Waals surface area contributed by atoms with Gasteiger partial charge in [0.2, 0.25) is 11.8 Å². The molecule has 1 spiro atoms. The third-order valence-electron chi connectivity index (χ3n) is 5.96. The molecule has 0 atom stereocenters. The summed E-state index contributed by atoms with van der Waals surface area (Å²) >= 11 is 0. The van der Waals surface area contributed by atoms with Crippen molar-refractivity contribution in [1.29, 1.82) is 0 Å². The zero-order valence-electron chi connectivity index (χ0n) is 15.3. The minimum absolute atomic E-state index is 0.183. The van der Waals surface area contributed by atoms with Crippen LogP contribution in [0.25, 0.3) is 5.57 Å². The number of ether oxygens (including phenoxy) is 1. The van der Waals surface area contributed by atoms with E-state index < -0.39 is 0 Å². The molecule has 3 aliphatic rings. The van der Waals surface area contributed by atoms with Crippen LogP contribution in [0, 0.1) is 5.41 Å². The van der Waals surface area contributed by atoms with Crippen LogP contribution < -0.4 is 9.64 Å². The Labute approximate surface area is 158 Å². The number of allylic oxidation sites excluding steroid dienone is 1. The quantitative estimate of drug-likeness (QED) is 0.846. The number of aromatic nitrogens is 1. The second-order valence-electron chi connectivity index (χ2n) is 7.49. The molecule has 5 nitrogen and oxygen atoms in total. The maximum atomic E-state index is 13.4. The average Bonchev–Trinajstić information content (AvgIpc) is 3.42. The van der Waals surface area contributed by atoms with Crippen molar-refractivity contribution in [2.45, 2.75) is 19.3 Å². The van der Waals surface area contributed by atoms with E-state index in [1.165, 1.54) is 11.1 Å². The van der Waals surface area contributed by atoms with Gasteiger partial charge in [0.05, 0.1) is 19.1 Å². The van der Waals surface area contributed by atoms with Gasteiger partial charge in [-0.2, -0.15) is 4.98 Å². The van der Waals surface area contributed by atoms with E-state index in [9.17, 15) is 4.79 Å². The zero-order chi connectivity index (χ0) is 18.4. The molecule has 0 bridgehead atoms. The molecule has 0 radical (unpaired) electrons. The van der Waals surface area contributed by atoms with Crippen molar-refractivity contribution in [3.8, 4) is 5.88 Å². The Kier molecular flexibility index (Phi) is 3.64. The van der Waals surface area contributed by atoms with E-state index in [1.807, 2.05) is 29.3 Å². The molecule has 2 aromatic rings. The van der Waals surface area contributed by atoms with Crippen LogP contribution >= 0.6 is 0 Å². The van der Waals surface area contributed by atoms with Crippen molar-refractivity contribution in [2.24, 2.45) is 10.4 Å². The number of hydrogen-bond donors (Lipinski definition) is 0. The lowest BCUT2D eigenvalue weighted by Crippen LogP contribution is -2.35. The van der Waals surface area contributed by atoms with E-state index in [-0.39, 0.29) is 11.3 Å². The summed E-state index contributed by atoms with van der Waals surface area (Å²) in [5.74, 6) is 1.39. The van der Waals surface area contributed by atoms with Gasteiger partial charge >= 0.3 is 0 Å². The number of benzene rings is 1. The normalized spacial score (nSPS) is 19.7. The van der Waals surface area contributed by atoms with Crippen LogP contribution in [0.4, 0.5) is 5.82 Å². The summed E-state index contributed by atoms with van der Waals surface area (Å²) in [5, 5.41) is 0. The van der Waals surface area contributed by atoms with E-state index in [2.05, 4.69) is 34.2 Å². The lowest BCUT2D eigenvalue weighted by Gasteiger charge is -2.22. The van der Waals surface area contributed by atoms with Crippen LogP contribution in [0.5, 0.6) is 5.88 Å². The molecule has 2 aliphatic heterocycles.